The van der Waals surface area contributed by atoms with E-state index < -0.39 is 20.0 Å². The Bertz CT molecular complexity index is 819. The first-order valence-corrected chi connectivity index (χ1v) is 22.0. The lowest BCUT2D eigenvalue weighted by atomic mass is 10.0. The van der Waals surface area contributed by atoms with Crippen LogP contribution in [0, 0.1) is 0 Å². The number of carbonyl (C=O) groups is 1. The number of aliphatic hydroxyl groups is 1. The Hall–Kier alpha value is -0.760. The molecule has 0 saturated heterocycles. The average Bonchev–Trinajstić information content (AvgIpc) is 3.04. The molecule has 0 aromatic carbocycles. The molecular weight excluding hydrogens is 635 g/mol. The van der Waals surface area contributed by atoms with Crippen LogP contribution in [0.4, 0.5) is 0 Å². The number of allylic oxidation sites excluding steroid dienone is 2. The Labute approximate surface area is 303 Å². The summed E-state index contributed by atoms with van der Waals surface area (Å²) >= 11 is 0. The van der Waals surface area contributed by atoms with Crippen LogP contribution in [0.15, 0.2) is 12.2 Å². The second-order valence-electron chi connectivity index (χ2n) is 15.3. The van der Waals surface area contributed by atoms with Gasteiger partial charge in [0, 0.05) is 6.42 Å². The van der Waals surface area contributed by atoms with Crippen molar-refractivity contribution in [2.75, 3.05) is 40.9 Å². The van der Waals surface area contributed by atoms with Crippen LogP contribution in [-0.4, -0.2) is 68.5 Å². The van der Waals surface area contributed by atoms with E-state index in [0.717, 1.165) is 51.4 Å². The van der Waals surface area contributed by atoms with Crippen molar-refractivity contribution in [1.82, 2.24) is 5.32 Å². The van der Waals surface area contributed by atoms with Crippen LogP contribution < -0.4 is 10.2 Å². The summed E-state index contributed by atoms with van der Waals surface area (Å²) in [6, 6.07) is -0.802. The fraction of sp³-hybridized carbons (Fsp3) is 0.925. The first-order chi connectivity index (χ1) is 23.5. The standard InChI is InChI=1S/C40H81N2O6P/c1-6-8-10-12-14-16-18-20-22-23-25-27-29-31-33-39(43)38(37-48-49(45,46)47-36-35-42(3,4)5)41-40(44)34-32-30-28-26-24-21-19-17-15-13-11-9-7-2/h21,24,38-39,43H,6-20,22-23,25-37H2,1-5H3,(H-,41,44,45,46)/b24-21-. The van der Waals surface area contributed by atoms with E-state index in [0.29, 0.717) is 23.9 Å². The number of nitrogens with zero attached hydrogens (tertiary/aromatic N) is 1. The first kappa shape index (κ1) is 48.2. The van der Waals surface area contributed by atoms with Gasteiger partial charge in [-0.3, -0.25) is 9.36 Å². The highest BCUT2D eigenvalue weighted by molar-refractivity contribution is 7.45. The molecule has 0 aliphatic rings. The van der Waals surface area contributed by atoms with Crippen LogP contribution in [0.25, 0.3) is 0 Å². The van der Waals surface area contributed by atoms with Gasteiger partial charge in [0.05, 0.1) is 39.9 Å². The highest BCUT2D eigenvalue weighted by atomic mass is 31.2. The second-order valence-corrected chi connectivity index (χ2v) is 16.8. The predicted molar refractivity (Wildman–Crippen MR) is 205 cm³/mol. The number of likely N-dealkylation sites (N-methyl/N-ethyl adjacent to an activating group) is 1. The van der Waals surface area contributed by atoms with E-state index in [4.69, 9.17) is 9.05 Å². The molecule has 0 aromatic heterocycles. The minimum atomic E-state index is -4.56. The average molecular weight is 717 g/mol. The van der Waals surface area contributed by atoms with Crippen LogP contribution in [0.3, 0.4) is 0 Å². The molecule has 0 rings (SSSR count). The molecule has 3 unspecified atom stereocenters. The van der Waals surface area contributed by atoms with Crippen molar-refractivity contribution in [3.63, 3.8) is 0 Å². The van der Waals surface area contributed by atoms with Gasteiger partial charge in [-0.25, -0.2) is 0 Å². The van der Waals surface area contributed by atoms with E-state index in [-0.39, 0.29) is 19.1 Å². The van der Waals surface area contributed by atoms with E-state index >= 15 is 0 Å². The molecule has 2 N–H and O–H groups in total. The molecule has 3 atom stereocenters. The fourth-order valence-electron chi connectivity index (χ4n) is 5.92. The summed E-state index contributed by atoms with van der Waals surface area (Å²) in [6.07, 6.45) is 34.9. The van der Waals surface area contributed by atoms with Crippen molar-refractivity contribution in [2.24, 2.45) is 0 Å². The second kappa shape index (κ2) is 33.1. The smallest absolute Gasteiger partial charge is 0.268 e. The molecule has 9 heteroatoms. The van der Waals surface area contributed by atoms with Gasteiger partial charge in [0.2, 0.25) is 5.91 Å². The molecule has 0 aromatic rings. The van der Waals surface area contributed by atoms with Crippen LogP contribution in [0.5, 0.6) is 0 Å². The van der Waals surface area contributed by atoms with Gasteiger partial charge in [-0.05, 0) is 38.5 Å². The largest absolute Gasteiger partial charge is 0.756 e. The van der Waals surface area contributed by atoms with Gasteiger partial charge in [0.1, 0.15) is 13.2 Å². The molecule has 49 heavy (non-hydrogen) atoms. The number of amides is 1. The zero-order valence-corrected chi connectivity index (χ0v) is 33.8. The maximum atomic E-state index is 12.8. The monoisotopic (exact) mass is 717 g/mol. The van der Waals surface area contributed by atoms with Crippen LogP contribution >= 0.6 is 7.82 Å². The van der Waals surface area contributed by atoms with E-state index in [1.165, 1.54) is 109 Å². The van der Waals surface area contributed by atoms with E-state index in [2.05, 4.69) is 31.3 Å². The highest BCUT2D eigenvalue weighted by Gasteiger charge is 2.24. The summed E-state index contributed by atoms with van der Waals surface area (Å²) in [4.78, 5) is 25.2. The van der Waals surface area contributed by atoms with Crippen molar-refractivity contribution >= 4 is 13.7 Å². The number of phosphoric acid groups is 1. The molecule has 8 nitrogen and oxygen atoms in total. The van der Waals surface area contributed by atoms with Crippen LogP contribution in [0.2, 0.25) is 0 Å². The fourth-order valence-corrected chi connectivity index (χ4v) is 6.64. The van der Waals surface area contributed by atoms with Gasteiger partial charge >= 0.3 is 0 Å². The zero-order valence-electron chi connectivity index (χ0n) is 32.9. The van der Waals surface area contributed by atoms with Gasteiger partial charge in [-0.15, -0.1) is 0 Å². The van der Waals surface area contributed by atoms with Gasteiger partial charge in [-0.2, -0.15) is 0 Å². The number of nitrogens with one attached hydrogen (secondary N) is 1. The van der Waals surface area contributed by atoms with Crippen LogP contribution in [-0.2, 0) is 18.4 Å². The van der Waals surface area contributed by atoms with Crippen molar-refractivity contribution in [1.29, 1.82) is 0 Å². The summed E-state index contributed by atoms with van der Waals surface area (Å²) in [5.41, 5.74) is 0. The minimum Gasteiger partial charge on any atom is -0.756 e. The Kier molecular flexibility index (Phi) is 32.6. The molecule has 0 bridgehead atoms. The van der Waals surface area contributed by atoms with E-state index in [1.54, 1.807) is 0 Å². The van der Waals surface area contributed by atoms with Gasteiger partial charge < -0.3 is 28.8 Å². The summed E-state index contributed by atoms with van der Waals surface area (Å²) in [5, 5.41) is 13.8. The van der Waals surface area contributed by atoms with Crippen molar-refractivity contribution in [3.8, 4) is 0 Å². The molecule has 0 heterocycles. The zero-order chi connectivity index (χ0) is 36.5. The van der Waals surface area contributed by atoms with Gasteiger partial charge in [0.15, 0.2) is 0 Å². The number of hydrogen-bond acceptors (Lipinski definition) is 6. The summed E-state index contributed by atoms with van der Waals surface area (Å²) in [5.74, 6) is -0.182. The Morgan fingerprint density at radius 2 is 1.12 bits per heavy atom. The van der Waals surface area contributed by atoms with E-state index in [1.807, 2.05) is 21.1 Å². The molecule has 0 fully saturated rings. The van der Waals surface area contributed by atoms with Crippen molar-refractivity contribution < 1.29 is 32.9 Å². The number of aliphatic hydroxyl groups excluding tert-OH is 1. The third-order valence-electron chi connectivity index (χ3n) is 9.25. The molecular formula is C40H81N2O6P. The number of quaternary nitrogens is 1. The third-order valence-corrected chi connectivity index (χ3v) is 10.2. The first-order valence-electron chi connectivity index (χ1n) is 20.5. The lowest BCUT2D eigenvalue weighted by Crippen LogP contribution is -2.46. The molecule has 0 saturated carbocycles. The lowest BCUT2D eigenvalue weighted by Gasteiger charge is -2.30. The number of phosphoric ester groups is 1. The molecule has 0 aliphatic carbocycles. The van der Waals surface area contributed by atoms with Gasteiger partial charge in [-0.1, -0.05) is 154 Å². The molecule has 0 spiro atoms. The molecule has 292 valence electrons. The number of rotatable bonds is 37. The number of unbranched alkanes of at least 4 members (excludes halogenated alkanes) is 22. The number of hydrogen-bond donors (Lipinski definition) is 2. The summed E-state index contributed by atoms with van der Waals surface area (Å²) in [7, 11) is 1.30. The van der Waals surface area contributed by atoms with Crippen molar-refractivity contribution in [3.05, 3.63) is 12.2 Å². The van der Waals surface area contributed by atoms with Gasteiger partial charge in [0.25, 0.3) is 7.82 Å². The SMILES string of the molecule is CCCCCCCC/C=C\CCCCCC(=O)NC(COP(=O)([O-])OCC[N+](C)(C)C)C(O)CCCCCCCCCCCCCCCC. The quantitative estimate of drug-likeness (QED) is 0.0287. The Morgan fingerprint density at radius 3 is 1.59 bits per heavy atom. The maximum absolute atomic E-state index is 12.8. The normalized spacial score (nSPS) is 14.7. The molecule has 0 aliphatic heterocycles. The summed E-state index contributed by atoms with van der Waals surface area (Å²) in [6.45, 7) is 4.69. The molecule has 1 amide bonds. The lowest BCUT2D eigenvalue weighted by molar-refractivity contribution is -0.870. The Morgan fingerprint density at radius 1 is 0.694 bits per heavy atom. The maximum Gasteiger partial charge on any atom is 0.268 e. The molecule has 0 radical (unpaired) electrons. The topological polar surface area (TPSA) is 108 Å². The third kappa shape index (κ3) is 35.4. The number of carbonyl (C=O) groups excluding carboxylic acids is 1. The summed E-state index contributed by atoms with van der Waals surface area (Å²) < 4.78 is 23.2. The highest BCUT2D eigenvalue weighted by Crippen LogP contribution is 2.38. The van der Waals surface area contributed by atoms with E-state index in [9.17, 15) is 19.4 Å². The van der Waals surface area contributed by atoms with Crippen molar-refractivity contribution in [2.45, 2.75) is 199 Å². The minimum absolute atomic E-state index is 0.0111. The van der Waals surface area contributed by atoms with Crippen LogP contribution in [0.1, 0.15) is 187 Å². The Balaban J connectivity index is 4.45. The predicted octanol–water partition coefficient (Wildman–Crippen LogP) is 10.2.